The Morgan fingerprint density at radius 2 is 2.10 bits per heavy atom. The number of benzene rings is 1. The first kappa shape index (κ1) is 12.3. The van der Waals surface area contributed by atoms with Gasteiger partial charge in [0.05, 0.1) is 0 Å². The van der Waals surface area contributed by atoms with Crippen molar-refractivity contribution in [2.75, 3.05) is 5.32 Å². The molecule has 1 aromatic carbocycles. The summed E-state index contributed by atoms with van der Waals surface area (Å²) in [5.74, 6) is 1.53. The topological polar surface area (TPSA) is 55.6 Å². The molecule has 2 aromatic heterocycles. The molecule has 0 aliphatic carbocycles. The predicted molar refractivity (Wildman–Crippen MR) is 77.7 cm³/mol. The number of aromatic nitrogens is 4. The van der Waals surface area contributed by atoms with Gasteiger partial charge >= 0.3 is 0 Å². The van der Waals surface area contributed by atoms with E-state index in [4.69, 9.17) is 0 Å². The summed E-state index contributed by atoms with van der Waals surface area (Å²) in [5.41, 5.74) is 2.48. The van der Waals surface area contributed by atoms with Crippen molar-refractivity contribution in [1.82, 2.24) is 19.7 Å². The monoisotopic (exact) mass is 265 g/mol. The van der Waals surface area contributed by atoms with Crippen LogP contribution in [0, 0.1) is 6.92 Å². The minimum absolute atomic E-state index is 0.733. The number of anilines is 1. The first-order valence-corrected chi connectivity index (χ1v) is 6.43. The number of aryl methyl sites for hydroxylation is 1. The molecule has 5 heteroatoms. The molecule has 5 nitrogen and oxygen atoms in total. The molecule has 0 aliphatic heterocycles. The lowest BCUT2D eigenvalue weighted by Gasteiger charge is -2.07. The Morgan fingerprint density at radius 1 is 1.15 bits per heavy atom. The molecule has 3 rings (SSSR count). The van der Waals surface area contributed by atoms with E-state index in [1.165, 1.54) is 17.5 Å². The molecule has 0 saturated carbocycles. The zero-order valence-corrected chi connectivity index (χ0v) is 11.2. The second-order valence-electron chi connectivity index (χ2n) is 4.55. The maximum atomic E-state index is 4.22. The van der Waals surface area contributed by atoms with Crippen LogP contribution in [-0.2, 0) is 6.54 Å². The summed E-state index contributed by atoms with van der Waals surface area (Å²) in [7, 11) is 0. The zero-order valence-electron chi connectivity index (χ0n) is 11.2. The minimum atomic E-state index is 0.733. The van der Waals surface area contributed by atoms with E-state index in [9.17, 15) is 0 Å². The molecular weight excluding hydrogens is 250 g/mol. The van der Waals surface area contributed by atoms with E-state index >= 15 is 0 Å². The molecule has 0 unspecified atom stereocenters. The summed E-state index contributed by atoms with van der Waals surface area (Å²) in [4.78, 5) is 8.42. The van der Waals surface area contributed by atoms with Crippen molar-refractivity contribution in [3.05, 3.63) is 66.2 Å². The van der Waals surface area contributed by atoms with Gasteiger partial charge < -0.3 is 5.32 Å². The van der Waals surface area contributed by atoms with Crippen LogP contribution in [0.25, 0.3) is 5.82 Å². The smallest absolute Gasteiger partial charge is 0.158 e. The second kappa shape index (κ2) is 5.52. The van der Waals surface area contributed by atoms with Gasteiger partial charge in [-0.05, 0) is 18.6 Å². The standard InChI is InChI=1S/C15H15N5/c1-12-4-2-5-13(8-12)10-16-14-9-15(18-11-17-14)20-7-3-6-19-20/h2-9,11H,10H2,1H3,(H,16,17,18). The van der Waals surface area contributed by atoms with E-state index < -0.39 is 0 Å². The lowest BCUT2D eigenvalue weighted by molar-refractivity contribution is 0.839. The summed E-state index contributed by atoms with van der Waals surface area (Å²) in [5, 5.41) is 7.45. The number of nitrogens with zero attached hydrogens (tertiary/aromatic N) is 4. The van der Waals surface area contributed by atoms with Crippen molar-refractivity contribution in [2.24, 2.45) is 0 Å². The van der Waals surface area contributed by atoms with Crippen LogP contribution < -0.4 is 5.32 Å². The molecule has 100 valence electrons. The molecular formula is C15H15N5. The van der Waals surface area contributed by atoms with Gasteiger partial charge in [-0.2, -0.15) is 5.10 Å². The van der Waals surface area contributed by atoms with E-state index in [0.717, 1.165) is 18.2 Å². The first-order chi connectivity index (χ1) is 9.81. The van der Waals surface area contributed by atoms with Crippen molar-refractivity contribution in [3.63, 3.8) is 0 Å². The highest BCUT2D eigenvalue weighted by Crippen LogP contribution is 2.10. The van der Waals surface area contributed by atoms with Crippen LogP contribution >= 0.6 is 0 Å². The summed E-state index contributed by atoms with van der Waals surface area (Å²) in [6.45, 7) is 2.82. The maximum Gasteiger partial charge on any atom is 0.158 e. The highest BCUT2D eigenvalue weighted by Gasteiger charge is 2.01. The Balaban J connectivity index is 1.73. The van der Waals surface area contributed by atoms with Crippen LogP contribution in [0.15, 0.2) is 55.1 Å². The average Bonchev–Trinajstić information content (AvgIpc) is 3.00. The largest absolute Gasteiger partial charge is 0.366 e. The van der Waals surface area contributed by atoms with E-state index in [1.807, 2.05) is 18.3 Å². The molecule has 0 atom stereocenters. The highest BCUT2D eigenvalue weighted by atomic mass is 15.3. The molecule has 0 spiro atoms. The molecule has 3 aromatic rings. The van der Waals surface area contributed by atoms with Gasteiger partial charge in [0.2, 0.25) is 0 Å². The number of hydrogen-bond acceptors (Lipinski definition) is 4. The van der Waals surface area contributed by atoms with Gasteiger partial charge in [-0.3, -0.25) is 0 Å². The molecule has 2 heterocycles. The molecule has 1 N–H and O–H groups in total. The normalized spacial score (nSPS) is 10.4. The Morgan fingerprint density at radius 3 is 2.90 bits per heavy atom. The van der Waals surface area contributed by atoms with Crippen LogP contribution in [0.3, 0.4) is 0 Å². The fraction of sp³-hybridized carbons (Fsp3) is 0.133. The van der Waals surface area contributed by atoms with E-state index in [-0.39, 0.29) is 0 Å². The Hall–Kier alpha value is -2.69. The van der Waals surface area contributed by atoms with Gasteiger partial charge in [-0.25, -0.2) is 14.6 Å². The van der Waals surface area contributed by atoms with Gasteiger partial charge in [-0.15, -0.1) is 0 Å². The fourth-order valence-corrected chi connectivity index (χ4v) is 1.99. The van der Waals surface area contributed by atoms with Crippen LogP contribution in [-0.4, -0.2) is 19.7 Å². The number of rotatable bonds is 4. The van der Waals surface area contributed by atoms with Crippen molar-refractivity contribution < 1.29 is 0 Å². The highest BCUT2D eigenvalue weighted by molar-refractivity contribution is 5.41. The third-order valence-corrected chi connectivity index (χ3v) is 2.95. The fourth-order valence-electron chi connectivity index (χ4n) is 1.99. The zero-order chi connectivity index (χ0) is 13.8. The van der Waals surface area contributed by atoms with E-state index in [1.54, 1.807) is 10.9 Å². The van der Waals surface area contributed by atoms with Crippen molar-refractivity contribution >= 4 is 5.82 Å². The molecule has 0 saturated heterocycles. The Labute approximate surface area is 117 Å². The number of hydrogen-bond donors (Lipinski definition) is 1. The summed E-state index contributed by atoms with van der Waals surface area (Å²) >= 11 is 0. The molecule has 20 heavy (non-hydrogen) atoms. The third-order valence-electron chi connectivity index (χ3n) is 2.95. The third kappa shape index (κ3) is 2.83. The molecule has 0 radical (unpaired) electrons. The van der Waals surface area contributed by atoms with Crippen molar-refractivity contribution in [3.8, 4) is 5.82 Å². The van der Waals surface area contributed by atoms with E-state index in [0.29, 0.717) is 0 Å². The first-order valence-electron chi connectivity index (χ1n) is 6.43. The second-order valence-corrected chi connectivity index (χ2v) is 4.55. The maximum absolute atomic E-state index is 4.22. The van der Waals surface area contributed by atoms with Crippen LogP contribution in [0.5, 0.6) is 0 Å². The van der Waals surface area contributed by atoms with Gasteiger partial charge in [0.25, 0.3) is 0 Å². The average molecular weight is 265 g/mol. The quantitative estimate of drug-likeness (QED) is 0.787. The SMILES string of the molecule is Cc1cccc(CNc2cc(-n3cccn3)ncn2)c1. The van der Waals surface area contributed by atoms with Gasteiger partial charge in [0.1, 0.15) is 12.1 Å². The minimum Gasteiger partial charge on any atom is -0.366 e. The molecule has 0 fully saturated rings. The van der Waals surface area contributed by atoms with Gasteiger partial charge in [0, 0.05) is 25.0 Å². The van der Waals surface area contributed by atoms with Gasteiger partial charge in [-0.1, -0.05) is 29.8 Å². The van der Waals surface area contributed by atoms with Crippen molar-refractivity contribution in [2.45, 2.75) is 13.5 Å². The molecule has 0 amide bonds. The Kier molecular flexibility index (Phi) is 3.41. The lowest BCUT2D eigenvalue weighted by Crippen LogP contribution is -2.04. The summed E-state index contributed by atoms with van der Waals surface area (Å²) in [6, 6.07) is 12.1. The summed E-state index contributed by atoms with van der Waals surface area (Å²) < 4.78 is 1.71. The van der Waals surface area contributed by atoms with Gasteiger partial charge in [0.15, 0.2) is 5.82 Å². The number of nitrogens with one attached hydrogen (secondary N) is 1. The van der Waals surface area contributed by atoms with Crippen LogP contribution in [0.4, 0.5) is 5.82 Å². The van der Waals surface area contributed by atoms with E-state index in [2.05, 4.69) is 51.6 Å². The van der Waals surface area contributed by atoms with Crippen LogP contribution in [0.2, 0.25) is 0 Å². The van der Waals surface area contributed by atoms with Crippen LogP contribution in [0.1, 0.15) is 11.1 Å². The predicted octanol–water partition coefficient (Wildman–Crippen LogP) is 2.58. The lowest BCUT2D eigenvalue weighted by atomic mass is 10.1. The Bertz CT molecular complexity index is 691. The summed E-state index contributed by atoms with van der Waals surface area (Å²) in [6.07, 6.45) is 5.12. The van der Waals surface area contributed by atoms with Crippen molar-refractivity contribution in [1.29, 1.82) is 0 Å². The molecule has 0 aliphatic rings. The molecule has 0 bridgehead atoms.